The van der Waals surface area contributed by atoms with Crippen LogP contribution >= 0.6 is 34.8 Å². The van der Waals surface area contributed by atoms with Crippen molar-refractivity contribution < 1.29 is 42.2 Å². The Morgan fingerprint density at radius 1 is 0.912 bits per heavy atom. The lowest BCUT2D eigenvalue weighted by molar-refractivity contribution is -0.142. The molecule has 1 saturated carbocycles. The molecule has 0 spiro atoms. The minimum Gasteiger partial charge on any atom is -0.508 e. The number of rotatable bonds is 7. The van der Waals surface area contributed by atoms with E-state index in [4.69, 9.17) is 39.5 Å². The number of allylic oxidation sites excluding steroid dienone is 2. The number of amides is 4. The van der Waals surface area contributed by atoms with Gasteiger partial charge in [0, 0.05) is 18.0 Å². The molecular formula is C40H31Cl3F3N5O6. The van der Waals surface area contributed by atoms with Crippen LogP contribution in [-0.4, -0.2) is 57.9 Å². The molecule has 3 aromatic carbocycles. The molecule has 3 fully saturated rings. The topological polar surface area (TPSA) is 132 Å². The Hall–Kier alpha value is -5.31. The van der Waals surface area contributed by atoms with Gasteiger partial charge in [0.05, 0.1) is 46.0 Å². The van der Waals surface area contributed by atoms with Crippen molar-refractivity contribution >= 4 is 69.9 Å². The number of phenols is 1. The van der Waals surface area contributed by atoms with Crippen LogP contribution in [0.5, 0.6) is 11.5 Å². The zero-order valence-corrected chi connectivity index (χ0v) is 32.2. The van der Waals surface area contributed by atoms with E-state index in [2.05, 4.69) is 10.4 Å². The summed E-state index contributed by atoms with van der Waals surface area (Å²) in [5.41, 5.74) is 1.69. The maximum atomic E-state index is 15.3. The third-order valence-corrected chi connectivity index (χ3v) is 12.3. The van der Waals surface area contributed by atoms with Gasteiger partial charge >= 0.3 is 6.18 Å². The predicted molar refractivity (Wildman–Crippen MR) is 203 cm³/mol. The number of benzene rings is 3. The van der Waals surface area contributed by atoms with Gasteiger partial charge in [0.15, 0.2) is 5.82 Å². The van der Waals surface area contributed by atoms with Crippen LogP contribution in [0.2, 0.25) is 15.1 Å². The van der Waals surface area contributed by atoms with Crippen molar-refractivity contribution in [2.75, 3.05) is 24.6 Å². The highest BCUT2D eigenvalue weighted by atomic mass is 35.5. The molecule has 4 amide bonds. The molecule has 0 bridgehead atoms. The van der Waals surface area contributed by atoms with Crippen LogP contribution in [0.25, 0.3) is 0 Å². The van der Waals surface area contributed by atoms with Crippen LogP contribution in [0.3, 0.4) is 0 Å². The van der Waals surface area contributed by atoms with Crippen LogP contribution in [0.15, 0.2) is 90.5 Å². The number of imide groups is 2. The number of ether oxygens (including phenoxy) is 1. The number of phenolic OH excluding ortho intramolecular Hbond substituents is 1. The molecule has 2 N–H and O–H groups in total. The van der Waals surface area contributed by atoms with Crippen molar-refractivity contribution in [2.45, 2.75) is 30.4 Å². The monoisotopic (exact) mass is 839 g/mol. The Labute approximate surface area is 338 Å². The summed E-state index contributed by atoms with van der Waals surface area (Å²) in [5, 5.41) is 13.6. The first-order valence-electron chi connectivity index (χ1n) is 17.7. The van der Waals surface area contributed by atoms with Gasteiger partial charge < -0.3 is 9.84 Å². The molecule has 2 aliphatic heterocycles. The molecule has 294 valence electrons. The Morgan fingerprint density at radius 3 is 2.32 bits per heavy atom. The van der Waals surface area contributed by atoms with Gasteiger partial charge in [-0.15, -0.1) is 0 Å². The second kappa shape index (κ2) is 14.0. The van der Waals surface area contributed by atoms with E-state index in [1.54, 1.807) is 42.5 Å². The lowest BCUT2D eigenvalue weighted by Crippen LogP contribution is -2.53. The van der Waals surface area contributed by atoms with E-state index in [-0.39, 0.29) is 34.3 Å². The largest absolute Gasteiger partial charge is 0.508 e. The maximum absolute atomic E-state index is 15.3. The summed E-state index contributed by atoms with van der Waals surface area (Å²) in [4.78, 5) is 62.7. The summed E-state index contributed by atoms with van der Waals surface area (Å²) in [6.07, 6.45) is -3.09. The smallest absolute Gasteiger partial charge is 0.433 e. The van der Waals surface area contributed by atoms with Crippen molar-refractivity contribution in [3.05, 3.63) is 122 Å². The lowest BCUT2D eigenvalue weighted by atomic mass is 9.49. The predicted octanol–water partition coefficient (Wildman–Crippen LogP) is 7.81. The number of fused-ring (bicyclic) bond motifs is 4. The molecule has 57 heavy (non-hydrogen) atoms. The van der Waals surface area contributed by atoms with Crippen LogP contribution < -0.4 is 15.2 Å². The van der Waals surface area contributed by atoms with E-state index in [9.17, 15) is 32.7 Å². The third kappa shape index (κ3) is 5.99. The van der Waals surface area contributed by atoms with Gasteiger partial charge in [-0.25, -0.2) is 4.98 Å². The third-order valence-electron chi connectivity index (χ3n) is 11.5. The fourth-order valence-corrected chi connectivity index (χ4v) is 9.79. The number of methoxy groups -OCH3 is 1. The number of aromatic nitrogens is 1. The maximum Gasteiger partial charge on any atom is 0.433 e. The normalized spacial score (nSPS) is 25.5. The summed E-state index contributed by atoms with van der Waals surface area (Å²) >= 11 is 18.9. The number of aromatic hydroxyl groups is 1. The summed E-state index contributed by atoms with van der Waals surface area (Å²) in [7, 11) is 2.72. The van der Waals surface area contributed by atoms with E-state index >= 15 is 4.79 Å². The second-order valence-electron chi connectivity index (χ2n) is 14.3. The number of anilines is 2. The standard InChI is InChI=1S/C40H31Cl3F3N5O6/c1-49(34-28(42)13-15-31(47-34)40(44,45)46)51-35(53)25-12-11-24-26(32(25)37(51)55)18-27-36(54)50(48-30-14-8-21(41)17-29(30)43)38(56)39(27,20-6-9-23(57-2)10-7-20)33(24)19-4-3-5-22(52)16-19/h3-11,13-17,25-27,32-33,48,52H,12,18H2,1-2H3. The van der Waals surface area contributed by atoms with E-state index in [1.807, 2.05) is 0 Å². The quantitative estimate of drug-likeness (QED) is 0.141. The molecule has 2 saturated heterocycles. The van der Waals surface area contributed by atoms with Gasteiger partial charge in [-0.3, -0.25) is 29.6 Å². The van der Waals surface area contributed by atoms with Crippen LogP contribution in [0, 0.1) is 23.7 Å². The Morgan fingerprint density at radius 2 is 1.65 bits per heavy atom. The van der Waals surface area contributed by atoms with Gasteiger partial charge in [0.25, 0.3) is 23.6 Å². The molecule has 17 heteroatoms. The number of halogens is 6. The number of nitrogens with zero attached hydrogens (tertiary/aromatic N) is 4. The lowest BCUT2D eigenvalue weighted by Gasteiger charge is -2.50. The fourth-order valence-electron chi connectivity index (χ4n) is 9.11. The summed E-state index contributed by atoms with van der Waals surface area (Å²) in [6, 6.07) is 19.2. The zero-order chi connectivity index (χ0) is 40.7. The molecular weight excluding hydrogens is 810 g/mol. The van der Waals surface area contributed by atoms with E-state index < -0.39 is 76.3 Å². The van der Waals surface area contributed by atoms with Gasteiger partial charge in [-0.1, -0.05) is 70.7 Å². The van der Waals surface area contributed by atoms with Gasteiger partial charge in [0.1, 0.15) is 17.2 Å². The summed E-state index contributed by atoms with van der Waals surface area (Å²) in [5.74, 6) is -7.78. The first-order valence-corrected chi connectivity index (χ1v) is 18.8. The van der Waals surface area contributed by atoms with Crippen LogP contribution in [-0.2, 0) is 30.8 Å². The van der Waals surface area contributed by atoms with Crippen molar-refractivity contribution in [1.82, 2.24) is 15.0 Å². The minimum atomic E-state index is -4.84. The highest BCUT2D eigenvalue weighted by Gasteiger charge is 2.70. The number of hydrogen-bond donors (Lipinski definition) is 2. The first kappa shape index (κ1) is 38.6. The van der Waals surface area contributed by atoms with E-state index in [0.29, 0.717) is 33.5 Å². The first-order chi connectivity index (χ1) is 27.1. The molecule has 11 nitrogen and oxygen atoms in total. The zero-order valence-electron chi connectivity index (χ0n) is 29.9. The Kier molecular flexibility index (Phi) is 9.44. The highest BCUT2D eigenvalue weighted by Crippen LogP contribution is 2.64. The molecule has 0 radical (unpaired) electrons. The number of hydrazine groups is 2. The fraction of sp³-hybridized carbons (Fsp3) is 0.275. The van der Waals surface area contributed by atoms with Crippen LogP contribution in [0.1, 0.15) is 35.6 Å². The number of hydrogen-bond acceptors (Lipinski definition) is 9. The Bertz CT molecular complexity index is 2400. The highest BCUT2D eigenvalue weighted by molar-refractivity contribution is 6.36. The van der Waals surface area contributed by atoms with E-state index in [1.165, 1.54) is 44.5 Å². The Balaban J connectivity index is 1.28. The van der Waals surface area contributed by atoms with Crippen molar-refractivity contribution in [3.8, 4) is 11.5 Å². The average Bonchev–Trinajstić information content (AvgIpc) is 3.55. The van der Waals surface area contributed by atoms with E-state index in [0.717, 1.165) is 21.1 Å². The van der Waals surface area contributed by atoms with Crippen molar-refractivity contribution in [3.63, 3.8) is 0 Å². The van der Waals surface area contributed by atoms with Crippen LogP contribution in [0.4, 0.5) is 24.7 Å². The van der Waals surface area contributed by atoms with Gasteiger partial charge in [-0.05, 0) is 84.5 Å². The molecule has 1 aromatic heterocycles. The van der Waals surface area contributed by atoms with Crippen molar-refractivity contribution in [1.29, 1.82) is 0 Å². The number of pyridine rings is 1. The number of alkyl halides is 3. The summed E-state index contributed by atoms with van der Waals surface area (Å²) < 4.78 is 46.5. The average molecular weight is 841 g/mol. The summed E-state index contributed by atoms with van der Waals surface area (Å²) in [6.45, 7) is 0. The number of carbonyl (C=O) groups is 4. The SMILES string of the molecule is COc1ccc(C23C(=O)N(Nc4ccc(Cl)cc4Cl)C(=O)C2CC2C(=CCC4C(=O)N(N(C)c5nc(C(F)(F)F)ccc5Cl)C(=O)C42)C3c2cccc(O)c2)cc1. The minimum absolute atomic E-state index is 0.0261. The number of nitrogens with one attached hydrogen (secondary N) is 1. The molecule has 3 heterocycles. The molecule has 6 unspecified atom stereocenters. The number of carbonyl (C=O) groups excluding carboxylic acids is 4. The van der Waals surface area contributed by atoms with Gasteiger partial charge in [-0.2, -0.15) is 23.2 Å². The molecule has 4 aliphatic rings. The molecule has 2 aliphatic carbocycles. The second-order valence-corrected chi connectivity index (χ2v) is 15.6. The molecule has 8 rings (SSSR count). The van der Waals surface area contributed by atoms with Gasteiger partial charge in [0.2, 0.25) is 0 Å². The molecule has 4 aromatic rings. The van der Waals surface area contributed by atoms with Crippen molar-refractivity contribution in [2.24, 2.45) is 23.7 Å². The molecule has 6 atom stereocenters.